The van der Waals surface area contributed by atoms with Crippen molar-refractivity contribution in [2.45, 2.75) is 71.8 Å². The third kappa shape index (κ3) is 8.76. The summed E-state index contributed by atoms with van der Waals surface area (Å²) in [4.78, 5) is 20.9. The fourth-order valence-corrected chi connectivity index (χ4v) is 3.67. The number of hydrogen-bond donors (Lipinski definition) is 0. The first-order valence-electron chi connectivity index (χ1n) is 13.1. The van der Waals surface area contributed by atoms with Crippen molar-refractivity contribution in [2.75, 3.05) is 13.2 Å². The molecule has 0 bridgehead atoms. The Balaban J connectivity index is 1.51. The second kappa shape index (κ2) is 15.0. The summed E-state index contributed by atoms with van der Waals surface area (Å²) < 4.78 is 16.7. The number of ether oxygens (including phenoxy) is 3. The lowest BCUT2D eigenvalue weighted by Gasteiger charge is -2.12. The highest BCUT2D eigenvalue weighted by Gasteiger charge is 2.16. The Morgan fingerprint density at radius 2 is 1.28 bits per heavy atom. The minimum atomic E-state index is -0.625. The second-order valence-corrected chi connectivity index (χ2v) is 8.89. The smallest absolute Gasteiger partial charge is 0.340 e. The van der Waals surface area contributed by atoms with Gasteiger partial charge in [0.25, 0.3) is 0 Å². The van der Waals surface area contributed by atoms with Crippen molar-refractivity contribution < 1.29 is 19.0 Å². The van der Waals surface area contributed by atoms with E-state index in [1.807, 2.05) is 36.4 Å². The zero-order valence-electron chi connectivity index (χ0n) is 21.7. The predicted molar refractivity (Wildman–Crippen MR) is 143 cm³/mol. The SMILES string of the molecule is CCCCCCOc1ccc(-c2ccc(-c3ncc(OC(=O)[C@H](C)OCCCCC)cn3)cc2)cc1. The van der Waals surface area contributed by atoms with Crippen molar-refractivity contribution in [1.82, 2.24) is 9.97 Å². The molecule has 6 nitrogen and oxygen atoms in total. The van der Waals surface area contributed by atoms with Gasteiger partial charge in [0.1, 0.15) is 5.75 Å². The van der Waals surface area contributed by atoms with Crippen LogP contribution in [0.3, 0.4) is 0 Å². The van der Waals surface area contributed by atoms with Gasteiger partial charge >= 0.3 is 5.97 Å². The summed E-state index contributed by atoms with van der Waals surface area (Å²) in [5.74, 6) is 1.33. The van der Waals surface area contributed by atoms with Gasteiger partial charge in [-0.05, 0) is 43.0 Å². The summed E-state index contributed by atoms with van der Waals surface area (Å²) in [6, 6.07) is 16.2. The van der Waals surface area contributed by atoms with Gasteiger partial charge in [0.15, 0.2) is 17.7 Å². The molecular formula is C30H38N2O4. The molecule has 0 aliphatic carbocycles. The predicted octanol–water partition coefficient (Wildman–Crippen LogP) is 7.27. The molecule has 3 aromatic rings. The fraction of sp³-hybridized carbons (Fsp3) is 0.433. The monoisotopic (exact) mass is 490 g/mol. The molecule has 0 fully saturated rings. The van der Waals surface area contributed by atoms with Gasteiger partial charge in [-0.25, -0.2) is 14.8 Å². The van der Waals surface area contributed by atoms with Crippen LogP contribution in [-0.4, -0.2) is 35.3 Å². The lowest BCUT2D eigenvalue weighted by atomic mass is 10.0. The zero-order valence-corrected chi connectivity index (χ0v) is 21.7. The molecule has 0 spiro atoms. The summed E-state index contributed by atoms with van der Waals surface area (Å²) in [5.41, 5.74) is 3.11. The number of unbranched alkanes of at least 4 members (excludes halogenated alkanes) is 5. The first-order valence-corrected chi connectivity index (χ1v) is 13.1. The van der Waals surface area contributed by atoms with E-state index in [4.69, 9.17) is 14.2 Å². The van der Waals surface area contributed by atoms with Gasteiger partial charge in [0, 0.05) is 12.2 Å². The Morgan fingerprint density at radius 1 is 0.722 bits per heavy atom. The molecule has 0 unspecified atom stereocenters. The van der Waals surface area contributed by atoms with Crippen LogP contribution in [0.25, 0.3) is 22.5 Å². The van der Waals surface area contributed by atoms with Gasteiger partial charge in [-0.3, -0.25) is 0 Å². The zero-order chi connectivity index (χ0) is 25.6. The number of rotatable bonds is 15. The lowest BCUT2D eigenvalue weighted by Crippen LogP contribution is -2.26. The maximum Gasteiger partial charge on any atom is 0.340 e. The quantitative estimate of drug-likeness (QED) is 0.165. The van der Waals surface area contributed by atoms with Crippen LogP contribution in [0.4, 0.5) is 0 Å². The van der Waals surface area contributed by atoms with Crippen molar-refractivity contribution in [3.8, 4) is 34.0 Å². The number of aromatic nitrogens is 2. The van der Waals surface area contributed by atoms with Gasteiger partial charge in [-0.2, -0.15) is 0 Å². The molecule has 1 heterocycles. The Kier molecular flexibility index (Phi) is 11.4. The van der Waals surface area contributed by atoms with Crippen molar-refractivity contribution in [3.63, 3.8) is 0 Å². The Hall–Kier alpha value is -3.25. The molecule has 1 atom stereocenters. The average Bonchev–Trinajstić information content (AvgIpc) is 2.92. The molecule has 6 heteroatoms. The van der Waals surface area contributed by atoms with Crippen LogP contribution in [-0.2, 0) is 9.53 Å². The number of esters is 1. The molecule has 192 valence electrons. The number of benzene rings is 2. The molecule has 0 aliphatic heterocycles. The van der Waals surface area contributed by atoms with Crippen LogP contribution in [0.1, 0.15) is 65.7 Å². The Labute approximate surface area is 215 Å². The number of carbonyl (C=O) groups excluding carboxylic acids is 1. The highest BCUT2D eigenvalue weighted by molar-refractivity contribution is 5.76. The number of carbonyl (C=O) groups is 1. The van der Waals surface area contributed by atoms with Crippen LogP contribution in [0.5, 0.6) is 11.5 Å². The van der Waals surface area contributed by atoms with Gasteiger partial charge in [0.2, 0.25) is 0 Å². The standard InChI is InChI=1S/C30H38N2O4/c1-4-6-8-10-20-35-27-17-15-25(16-18-27)24-11-13-26(14-12-24)29-31-21-28(22-32-29)36-30(33)23(3)34-19-9-7-5-2/h11-18,21-23H,4-10,19-20H2,1-3H3/t23-/m0/s1. The fourth-order valence-electron chi connectivity index (χ4n) is 3.67. The number of hydrogen-bond acceptors (Lipinski definition) is 6. The summed E-state index contributed by atoms with van der Waals surface area (Å²) in [6.07, 6.45) is 10.3. The largest absolute Gasteiger partial charge is 0.494 e. The van der Waals surface area contributed by atoms with Gasteiger partial charge in [-0.1, -0.05) is 82.3 Å². The van der Waals surface area contributed by atoms with Gasteiger partial charge in [-0.15, -0.1) is 0 Å². The second-order valence-electron chi connectivity index (χ2n) is 8.89. The summed E-state index contributed by atoms with van der Waals surface area (Å²) in [6.45, 7) is 7.34. The van der Waals surface area contributed by atoms with Gasteiger partial charge < -0.3 is 14.2 Å². The van der Waals surface area contributed by atoms with E-state index >= 15 is 0 Å². The van der Waals surface area contributed by atoms with E-state index in [-0.39, 0.29) is 0 Å². The van der Waals surface area contributed by atoms with E-state index in [1.54, 1.807) is 6.92 Å². The maximum atomic E-state index is 12.2. The van der Waals surface area contributed by atoms with E-state index in [9.17, 15) is 4.79 Å². The maximum absolute atomic E-state index is 12.2. The van der Waals surface area contributed by atoms with Crippen LogP contribution in [0.15, 0.2) is 60.9 Å². The van der Waals surface area contributed by atoms with Gasteiger partial charge in [0.05, 0.1) is 19.0 Å². The topological polar surface area (TPSA) is 70.5 Å². The van der Waals surface area contributed by atoms with Crippen molar-refractivity contribution in [2.24, 2.45) is 0 Å². The van der Waals surface area contributed by atoms with Crippen LogP contribution in [0, 0.1) is 0 Å². The highest BCUT2D eigenvalue weighted by Crippen LogP contribution is 2.25. The van der Waals surface area contributed by atoms with E-state index in [2.05, 4.69) is 35.9 Å². The van der Waals surface area contributed by atoms with Crippen LogP contribution < -0.4 is 9.47 Å². The molecule has 2 aromatic carbocycles. The molecule has 0 amide bonds. The average molecular weight is 491 g/mol. The normalized spacial score (nSPS) is 11.8. The minimum Gasteiger partial charge on any atom is -0.494 e. The minimum absolute atomic E-state index is 0.303. The lowest BCUT2D eigenvalue weighted by molar-refractivity contribution is -0.146. The molecule has 36 heavy (non-hydrogen) atoms. The van der Waals surface area contributed by atoms with Crippen LogP contribution >= 0.6 is 0 Å². The number of nitrogens with zero attached hydrogens (tertiary/aromatic N) is 2. The highest BCUT2D eigenvalue weighted by atomic mass is 16.6. The molecule has 0 N–H and O–H groups in total. The molecule has 0 aliphatic rings. The molecule has 1 aromatic heterocycles. The van der Waals surface area contributed by atoms with Crippen LogP contribution in [0.2, 0.25) is 0 Å². The first-order chi connectivity index (χ1) is 17.6. The van der Waals surface area contributed by atoms with Crippen molar-refractivity contribution >= 4 is 5.97 Å². The third-order valence-corrected chi connectivity index (χ3v) is 5.89. The van der Waals surface area contributed by atoms with E-state index in [0.717, 1.165) is 54.7 Å². The first kappa shape index (κ1) is 27.3. The molecule has 3 rings (SSSR count). The molecule has 0 saturated heterocycles. The summed E-state index contributed by atoms with van der Waals surface area (Å²) in [7, 11) is 0. The summed E-state index contributed by atoms with van der Waals surface area (Å²) >= 11 is 0. The van der Waals surface area contributed by atoms with Crippen molar-refractivity contribution in [1.29, 1.82) is 0 Å². The molecule has 0 saturated carbocycles. The molecule has 0 radical (unpaired) electrons. The summed E-state index contributed by atoms with van der Waals surface area (Å²) in [5, 5.41) is 0. The molecular weight excluding hydrogens is 452 g/mol. The van der Waals surface area contributed by atoms with E-state index in [0.29, 0.717) is 18.2 Å². The Morgan fingerprint density at radius 3 is 1.92 bits per heavy atom. The van der Waals surface area contributed by atoms with E-state index < -0.39 is 12.1 Å². The van der Waals surface area contributed by atoms with E-state index in [1.165, 1.54) is 31.7 Å². The Bertz CT molecular complexity index is 1030. The van der Waals surface area contributed by atoms with Crippen molar-refractivity contribution in [3.05, 3.63) is 60.9 Å². The third-order valence-electron chi connectivity index (χ3n) is 5.89.